The number of carbonyl (C=O) groups is 3. The van der Waals surface area contributed by atoms with Gasteiger partial charge in [0.2, 0.25) is 0 Å². The van der Waals surface area contributed by atoms with Crippen LogP contribution in [0.5, 0.6) is 0 Å². The second-order valence-corrected chi connectivity index (χ2v) is 21.0. The Kier molecular flexibility index (Phi) is 58.7. The Hall–Kier alpha value is -3.15. The summed E-state index contributed by atoms with van der Waals surface area (Å²) in [6, 6.07) is 0. The Labute approximate surface area is 453 Å². The predicted octanol–water partition coefficient (Wildman–Crippen LogP) is 21.3. The minimum atomic E-state index is -0.788. The van der Waals surface area contributed by atoms with E-state index in [2.05, 4.69) is 93.7 Å². The lowest BCUT2D eigenvalue weighted by Crippen LogP contribution is -2.30. The quantitative estimate of drug-likeness (QED) is 0.0261. The molecular weight excluding hydrogens is 901 g/mol. The summed E-state index contributed by atoms with van der Waals surface area (Å²) in [6.45, 7) is 6.61. The first-order chi connectivity index (χ1) is 36.0. The summed E-state index contributed by atoms with van der Waals surface area (Å²) >= 11 is 0. The van der Waals surface area contributed by atoms with Crippen molar-refractivity contribution in [3.8, 4) is 0 Å². The summed E-state index contributed by atoms with van der Waals surface area (Å²) in [5.74, 6) is -0.898. The van der Waals surface area contributed by atoms with Crippen LogP contribution in [0.25, 0.3) is 0 Å². The molecule has 6 nitrogen and oxygen atoms in total. The fourth-order valence-electron chi connectivity index (χ4n) is 8.89. The Bertz CT molecular complexity index is 1360. The van der Waals surface area contributed by atoms with E-state index in [-0.39, 0.29) is 31.1 Å². The van der Waals surface area contributed by atoms with Crippen molar-refractivity contribution in [3.05, 3.63) is 72.9 Å². The zero-order valence-corrected chi connectivity index (χ0v) is 48.4. The normalized spacial score (nSPS) is 12.5. The minimum Gasteiger partial charge on any atom is -0.462 e. The van der Waals surface area contributed by atoms with E-state index in [0.29, 0.717) is 19.3 Å². The number of esters is 3. The van der Waals surface area contributed by atoms with Crippen molar-refractivity contribution in [3.63, 3.8) is 0 Å². The van der Waals surface area contributed by atoms with Crippen LogP contribution in [0, 0.1) is 0 Å². The van der Waals surface area contributed by atoms with Gasteiger partial charge in [0.25, 0.3) is 0 Å². The van der Waals surface area contributed by atoms with E-state index in [1.807, 2.05) is 0 Å². The van der Waals surface area contributed by atoms with E-state index in [1.54, 1.807) is 0 Å². The second-order valence-electron chi connectivity index (χ2n) is 21.0. The number of allylic oxidation sites excluding steroid dienone is 12. The van der Waals surface area contributed by atoms with Crippen LogP contribution in [0.2, 0.25) is 0 Å². The third-order valence-corrected chi connectivity index (χ3v) is 13.7. The number of ether oxygens (including phenoxy) is 3. The molecule has 0 saturated carbocycles. The van der Waals surface area contributed by atoms with Gasteiger partial charge < -0.3 is 14.2 Å². The molecule has 422 valence electrons. The van der Waals surface area contributed by atoms with Crippen molar-refractivity contribution >= 4 is 17.9 Å². The van der Waals surface area contributed by atoms with E-state index in [1.165, 1.54) is 186 Å². The Morgan fingerprint density at radius 2 is 0.493 bits per heavy atom. The van der Waals surface area contributed by atoms with Gasteiger partial charge in [-0.15, -0.1) is 0 Å². The number of unbranched alkanes of at least 4 members (excludes halogenated alkanes) is 34. The molecule has 73 heavy (non-hydrogen) atoms. The monoisotopic (exact) mass is 1020 g/mol. The van der Waals surface area contributed by atoms with Gasteiger partial charge in [0.15, 0.2) is 6.10 Å². The van der Waals surface area contributed by atoms with Gasteiger partial charge in [-0.1, -0.05) is 254 Å². The molecule has 0 aliphatic carbocycles. The van der Waals surface area contributed by atoms with Gasteiger partial charge in [-0.25, -0.2) is 0 Å². The summed E-state index contributed by atoms with van der Waals surface area (Å²) in [5.41, 5.74) is 0. The van der Waals surface area contributed by atoms with E-state index in [9.17, 15) is 14.4 Å². The van der Waals surface area contributed by atoms with Crippen molar-refractivity contribution in [2.45, 2.75) is 322 Å². The van der Waals surface area contributed by atoms with Crippen molar-refractivity contribution in [2.75, 3.05) is 13.2 Å². The predicted molar refractivity (Wildman–Crippen MR) is 316 cm³/mol. The van der Waals surface area contributed by atoms with E-state index < -0.39 is 6.10 Å². The van der Waals surface area contributed by atoms with Gasteiger partial charge in [0.1, 0.15) is 13.2 Å². The fourth-order valence-corrected chi connectivity index (χ4v) is 8.89. The zero-order valence-electron chi connectivity index (χ0n) is 48.4. The first-order valence-electron chi connectivity index (χ1n) is 31.4. The first kappa shape index (κ1) is 69.8. The third-order valence-electron chi connectivity index (χ3n) is 13.7. The lowest BCUT2D eigenvalue weighted by Gasteiger charge is -2.18. The molecule has 0 saturated heterocycles. The maximum Gasteiger partial charge on any atom is 0.306 e. The SMILES string of the molecule is CCCCCC/C=C\CCCCCCCC(=O)OCC(COC(=O)CCCCCCCC/C=C\C/C=C\C/C=C\CCCCCCC)OC(=O)CCCCCCCCCCC/C=C\C/C=C\CCCCCCC. The maximum atomic E-state index is 12.9. The Morgan fingerprint density at radius 1 is 0.274 bits per heavy atom. The lowest BCUT2D eigenvalue weighted by molar-refractivity contribution is -0.167. The second kappa shape index (κ2) is 61.4. The number of hydrogen-bond acceptors (Lipinski definition) is 6. The maximum absolute atomic E-state index is 12.9. The van der Waals surface area contributed by atoms with Crippen molar-refractivity contribution < 1.29 is 28.6 Å². The highest BCUT2D eigenvalue weighted by Gasteiger charge is 2.19. The molecule has 0 bridgehead atoms. The van der Waals surface area contributed by atoms with Crippen molar-refractivity contribution in [1.29, 1.82) is 0 Å². The highest BCUT2D eigenvalue weighted by Crippen LogP contribution is 2.15. The molecule has 0 aliphatic heterocycles. The molecule has 1 atom stereocenters. The van der Waals surface area contributed by atoms with Gasteiger partial charge in [-0.3, -0.25) is 14.4 Å². The average molecular weight is 1020 g/mol. The van der Waals surface area contributed by atoms with E-state index in [0.717, 1.165) is 89.9 Å². The topological polar surface area (TPSA) is 78.9 Å². The average Bonchev–Trinajstić information content (AvgIpc) is 3.39. The van der Waals surface area contributed by atoms with Crippen LogP contribution >= 0.6 is 0 Å². The summed E-state index contributed by atoms with van der Waals surface area (Å²) in [4.78, 5) is 38.3. The third kappa shape index (κ3) is 59.6. The molecule has 6 heteroatoms. The van der Waals surface area contributed by atoms with Crippen molar-refractivity contribution in [2.24, 2.45) is 0 Å². The number of rotatable bonds is 57. The molecule has 0 aromatic carbocycles. The summed E-state index contributed by atoms with van der Waals surface area (Å²) < 4.78 is 16.9. The summed E-state index contributed by atoms with van der Waals surface area (Å²) in [7, 11) is 0. The van der Waals surface area contributed by atoms with Crippen LogP contribution in [-0.2, 0) is 28.6 Å². The zero-order chi connectivity index (χ0) is 52.9. The fraction of sp³-hybridized carbons (Fsp3) is 0.776. The molecule has 0 spiro atoms. The highest BCUT2D eigenvalue weighted by molar-refractivity contribution is 5.71. The largest absolute Gasteiger partial charge is 0.462 e. The first-order valence-corrected chi connectivity index (χ1v) is 31.4. The van der Waals surface area contributed by atoms with Crippen LogP contribution < -0.4 is 0 Å². The van der Waals surface area contributed by atoms with Crippen LogP contribution in [0.3, 0.4) is 0 Å². The molecule has 0 N–H and O–H groups in total. The molecule has 0 amide bonds. The van der Waals surface area contributed by atoms with Gasteiger partial charge in [-0.2, -0.15) is 0 Å². The standard InChI is InChI=1S/C67H118O6/c1-4-7-10-13-16-19-22-25-27-29-31-33-35-37-39-42-45-48-51-54-57-60-66(69)72-63-64(62-71-65(68)59-56-53-50-47-44-41-24-21-18-15-12-9-6-3)73-67(70)61-58-55-52-49-46-43-40-38-36-34-32-30-28-26-23-20-17-14-11-8-5-2/h21-26,29-32,35,37,64H,4-20,27-28,33-34,36,38-63H2,1-3H3/b24-21-,25-22-,26-23-,31-29-,32-30-,37-35-. The van der Waals surface area contributed by atoms with Gasteiger partial charge in [0.05, 0.1) is 0 Å². The van der Waals surface area contributed by atoms with E-state index in [4.69, 9.17) is 14.2 Å². The molecule has 0 radical (unpaired) electrons. The summed E-state index contributed by atoms with van der Waals surface area (Å²) in [6.07, 6.45) is 79.0. The molecule has 0 heterocycles. The van der Waals surface area contributed by atoms with E-state index >= 15 is 0 Å². The van der Waals surface area contributed by atoms with Crippen LogP contribution in [0.15, 0.2) is 72.9 Å². The lowest BCUT2D eigenvalue weighted by atomic mass is 10.1. The Balaban J connectivity index is 4.38. The molecule has 0 aliphatic rings. The number of carbonyl (C=O) groups excluding carboxylic acids is 3. The summed E-state index contributed by atoms with van der Waals surface area (Å²) in [5, 5.41) is 0. The molecule has 0 aromatic rings. The van der Waals surface area contributed by atoms with Crippen LogP contribution in [0.1, 0.15) is 316 Å². The molecule has 1 unspecified atom stereocenters. The van der Waals surface area contributed by atoms with Gasteiger partial charge in [0, 0.05) is 19.3 Å². The molecule has 0 rings (SSSR count). The Morgan fingerprint density at radius 3 is 0.795 bits per heavy atom. The molecular formula is C67H118O6. The smallest absolute Gasteiger partial charge is 0.306 e. The van der Waals surface area contributed by atoms with Crippen molar-refractivity contribution in [1.82, 2.24) is 0 Å². The van der Waals surface area contributed by atoms with Gasteiger partial charge in [-0.05, 0) is 116 Å². The van der Waals surface area contributed by atoms with Crippen LogP contribution in [-0.4, -0.2) is 37.2 Å². The van der Waals surface area contributed by atoms with Gasteiger partial charge >= 0.3 is 17.9 Å². The molecule has 0 fully saturated rings. The van der Waals surface area contributed by atoms with Crippen LogP contribution in [0.4, 0.5) is 0 Å². The highest BCUT2D eigenvalue weighted by atomic mass is 16.6. The minimum absolute atomic E-state index is 0.0849. The number of hydrogen-bond donors (Lipinski definition) is 0. The molecule has 0 aromatic heterocycles.